The standard InChI is InChI=1S/C47H41N9O6S2/c1-3-6-41-49-38(43(46(58)59)56(41)25-29-9-13-30(14-10-29)35-7-4-5-8-36(35)44-51-53-54-52-44)27-63-34-20-17-32(18-21-34)62-33-19-22-37-39(24-33)55(2)42(48-37)26-61-31-15-11-28(12-16-31)23-40-45(57)50-47(60)64-40/h4-5,7-22,24,40H,3,6,23,25-27H2,1-2H3,(H,58,59)(H,50,57,60)(H,51,52,53,54). The molecule has 2 amide bonds. The molecular formula is C47H41N9O6S2. The molecule has 4 heterocycles. The number of imidazole rings is 2. The molecule has 1 atom stereocenters. The van der Waals surface area contributed by atoms with E-state index in [2.05, 4.69) is 32.9 Å². The van der Waals surface area contributed by atoms with Crippen LogP contribution in [0.15, 0.2) is 120 Å². The zero-order chi connectivity index (χ0) is 44.2. The van der Waals surface area contributed by atoms with E-state index < -0.39 is 11.2 Å². The van der Waals surface area contributed by atoms with Crippen LogP contribution >= 0.6 is 23.5 Å². The van der Waals surface area contributed by atoms with Crippen LogP contribution in [0.25, 0.3) is 33.5 Å². The Morgan fingerprint density at radius 3 is 2.30 bits per heavy atom. The molecule has 0 spiro atoms. The fourth-order valence-corrected chi connectivity index (χ4v) is 9.27. The molecule has 0 saturated carbocycles. The summed E-state index contributed by atoms with van der Waals surface area (Å²) in [4.78, 5) is 46.8. The molecule has 64 heavy (non-hydrogen) atoms. The number of aryl methyl sites for hydroxylation is 2. The number of hydrogen-bond donors (Lipinski definition) is 3. The van der Waals surface area contributed by atoms with Crippen molar-refractivity contribution in [3.63, 3.8) is 0 Å². The number of rotatable bonds is 17. The van der Waals surface area contributed by atoms with Crippen molar-refractivity contribution in [2.24, 2.45) is 7.05 Å². The maximum Gasteiger partial charge on any atom is 0.354 e. The second-order valence-electron chi connectivity index (χ2n) is 15.1. The average Bonchev–Trinajstić information content (AvgIpc) is 4.10. The summed E-state index contributed by atoms with van der Waals surface area (Å²) >= 11 is 2.54. The fraction of sp³-hybridized carbons (Fsp3) is 0.191. The number of tetrazole rings is 1. The largest absolute Gasteiger partial charge is 0.486 e. The van der Waals surface area contributed by atoms with Crippen LogP contribution < -0.4 is 14.8 Å². The number of carboxylic acid groups (broad SMARTS) is 1. The van der Waals surface area contributed by atoms with Crippen LogP contribution in [0.4, 0.5) is 4.79 Å². The van der Waals surface area contributed by atoms with Gasteiger partial charge < -0.3 is 23.7 Å². The number of nitrogens with one attached hydrogen (secondary N) is 2. The van der Waals surface area contributed by atoms with Gasteiger partial charge in [0.15, 0.2) is 11.5 Å². The number of carbonyl (C=O) groups excluding carboxylic acids is 2. The van der Waals surface area contributed by atoms with Crippen molar-refractivity contribution in [3.05, 3.63) is 149 Å². The van der Waals surface area contributed by atoms with Gasteiger partial charge in [0.2, 0.25) is 5.91 Å². The molecule has 0 radical (unpaired) electrons. The highest BCUT2D eigenvalue weighted by Gasteiger charge is 2.31. The normalized spacial score (nSPS) is 13.7. The van der Waals surface area contributed by atoms with Gasteiger partial charge in [-0.2, -0.15) is 0 Å². The maximum atomic E-state index is 12.8. The molecule has 1 fully saturated rings. The Morgan fingerprint density at radius 1 is 0.859 bits per heavy atom. The number of ether oxygens (including phenoxy) is 2. The van der Waals surface area contributed by atoms with Gasteiger partial charge in [0.1, 0.15) is 35.5 Å². The lowest BCUT2D eigenvalue weighted by Gasteiger charge is -2.12. The second kappa shape index (κ2) is 18.6. The minimum atomic E-state index is -1.01. The van der Waals surface area contributed by atoms with Crippen molar-refractivity contribution in [1.29, 1.82) is 0 Å². The van der Waals surface area contributed by atoms with Crippen LogP contribution in [0, 0.1) is 0 Å². The van der Waals surface area contributed by atoms with Crippen molar-refractivity contribution in [1.82, 2.24) is 45.0 Å². The van der Waals surface area contributed by atoms with Crippen LogP contribution in [-0.2, 0) is 43.6 Å². The summed E-state index contributed by atoms with van der Waals surface area (Å²) in [7, 11) is 1.93. The first-order valence-corrected chi connectivity index (χ1v) is 22.4. The van der Waals surface area contributed by atoms with Crippen molar-refractivity contribution in [2.45, 2.75) is 55.2 Å². The Bertz CT molecular complexity index is 2970. The smallest absolute Gasteiger partial charge is 0.354 e. The van der Waals surface area contributed by atoms with E-state index in [1.165, 1.54) is 11.8 Å². The number of benzene rings is 5. The number of nitrogens with zero attached hydrogens (tertiary/aromatic N) is 7. The molecule has 1 unspecified atom stereocenters. The third kappa shape index (κ3) is 9.26. The minimum absolute atomic E-state index is 0.199. The van der Waals surface area contributed by atoms with E-state index in [-0.39, 0.29) is 23.4 Å². The summed E-state index contributed by atoms with van der Waals surface area (Å²) in [6, 6.07) is 36.9. The number of carboxylic acids is 1. The van der Waals surface area contributed by atoms with Crippen molar-refractivity contribution >= 4 is 51.7 Å². The van der Waals surface area contributed by atoms with Crippen LogP contribution in [0.1, 0.15) is 52.3 Å². The van der Waals surface area contributed by atoms with E-state index in [1.54, 1.807) is 0 Å². The summed E-state index contributed by atoms with van der Waals surface area (Å²) in [5.74, 6) is 3.15. The van der Waals surface area contributed by atoms with Crippen LogP contribution in [-0.4, -0.2) is 67.2 Å². The molecule has 1 aliphatic rings. The first kappa shape index (κ1) is 42.1. The van der Waals surface area contributed by atoms with Gasteiger partial charge in [-0.1, -0.05) is 79.3 Å². The quantitative estimate of drug-likeness (QED) is 0.0735. The van der Waals surface area contributed by atoms with E-state index in [0.29, 0.717) is 53.9 Å². The van der Waals surface area contributed by atoms with Gasteiger partial charge >= 0.3 is 5.97 Å². The highest BCUT2D eigenvalue weighted by Crippen LogP contribution is 2.33. The van der Waals surface area contributed by atoms with Gasteiger partial charge in [0, 0.05) is 42.3 Å². The van der Waals surface area contributed by atoms with Gasteiger partial charge in [-0.25, -0.2) is 19.9 Å². The summed E-state index contributed by atoms with van der Waals surface area (Å²) in [5, 5.41) is 26.4. The molecule has 1 aliphatic heterocycles. The summed E-state index contributed by atoms with van der Waals surface area (Å²) in [6.45, 7) is 2.68. The van der Waals surface area contributed by atoms with Gasteiger partial charge in [-0.05, 0) is 94.1 Å². The maximum absolute atomic E-state index is 12.8. The molecule has 322 valence electrons. The Morgan fingerprint density at radius 2 is 1.59 bits per heavy atom. The SMILES string of the molecule is CCCc1nc(CSc2ccc(Oc3ccc4nc(COc5ccc(CC6SC(=O)NC6=O)cc5)n(C)c4c3)cc2)c(C(=O)O)n1Cc1ccc(-c2ccccc2-c2nnn[nH]2)cc1. The lowest BCUT2D eigenvalue weighted by molar-refractivity contribution is -0.118. The Labute approximate surface area is 375 Å². The van der Waals surface area contributed by atoms with Crippen molar-refractivity contribution in [3.8, 4) is 39.8 Å². The molecule has 3 aromatic heterocycles. The Kier molecular flexibility index (Phi) is 12.2. The number of aromatic carboxylic acids is 1. The molecule has 17 heteroatoms. The fourth-order valence-electron chi connectivity index (χ4n) is 7.58. The molecule has 15 nitrogen and oxygen atoms in total. The lowest BCUT2D eigenvalue weighted by Crippen LogP contribution is -2.25. The first-order valence-electron chi connectivity index (χ1n) is 20.5. The lowest BCUT2D eigenvalue weighted by atomic mass is 9.98. The number of hydrogen-bond acceptors (Lipinski definition) is 12. The van der Waals surface area contributed by atoms with Crippen molar-refractivity contribution < 1.29 is 29.0 Å². The zero-order valence-corrected chi connectivity index (χ0v) is 36.4. The van der Waals surface area contributed by atoms with Crippen LogP contribution in [0.2, 0.25) is 0 Å². The third-order valence-electron chi connectivity index (χ3n) is 10.8. The second-order valence-corrected chi connectivity index (χ2v) is 17.3. The number of H-pyrrole nitrogens is 1. The van der Waals surface area contributed by atoms with Crippen molar-refractivity contribution in [2.75, 3.05) is 0 Å². The molecule has 0 aliphatic carbocycles. The van der Waals surface area contributed by atoms with Gasteiger partial charge in [0.05, 0.1) is 22.0 Å². The monoisotopic (exact) mass is 891 g/mol. The number of carbonyl (C=O) groups is 3. The number of aromatic amines is 1. The first-order chi connectivity index (χ1) is 31.2. The van der Waals surface area contributed by atoms with Gasteiger partial charge in [0.25, 0.3) is 5.24 Å². The number of fused-ring (bicyclic) bond motifs is 1. The predicted molar refractivity (Wildman–Crippen MR) is 244 cm³/mol. The highest BCUT2D eigenvalue weighted by molar-refractivity contribution is 8.15. The predicted octanol–water partition coefficient (Wildman–Crippen LogP) is 8.87. The topological polar surface area (TPSA) is 192 Å². The highest BCUT2D eigenvalue weighted by atomic mass is 32.2. The molecule has 0 bridgehead atoms. The average molecular weight is 892 g/mol. The van der Waals surface area contributed by atoms with Crippen LogP contribution in [0.5, 0.6) is 17.2 Å². The summed E-state index contributed by atoms with van der Waals surface area (Å²) in [5.41, 5.74) is 7.17. The number of aromatic nitrogens is 8. The molecule has 9 rings (SSSR count). The molecule has 5 aromatic carbocycles. The zero-order valence-electron chi connectivity index (χ0n) is 34.7. The van der Waals surface area contributed by atoms with Gasteiger partial charge in [-0.15, -0.1) is 16.9 Å². The van der Waals surface area contributed by atoms with E-state index in [9.17, 15) is 19.5 Å². The molecule has 1 saturated heterocycles. The summed E-state index contributed by atoms with van der Waals surface area (Å²) in [6.07, 6.45) is 1.94. The third-order valence-corrected chi connectivity index (χ3v) is 12.8. The van der Waals surface area contributed by atoms with Crippen LogP contribution in [0.3, 0.4) is 0 Å². The van der Waals surface area contributed by atoms with E-state index in [1.807, 2.05) is 131 Å². The Balaban J connectivity index is 0.826. The molecular weight excluding hydrogens is 851 g/mol. The van der Waals surface area contributed by atoms with E-state index in [0.717, 1.165) is 73.6 Å². The minimum Gasteiger partial charge on any atom is -0.486 e. The van der Waals surface area contributed by atoms with Gasteiger partial charge in [-0.3, -0.25) is 14.9 Å². The number of imide groups is 1. The Hall–Kier alpha value is -7.24. The molecule has 3 N–H and O–H groups in total. The number of amides is 2. The summed E-state index contributed by atoms with van der Waals surface area (Å²) < 4.78 is 16.1. The number of thioether (sulfide) groups is 2. The molecule has 8 aromatic rings. The van der Waals surface area contributed by atoms with E-state index in [4.69, 9.17) is 19.4 Å². The van der Waals surface area contributed by atoms with E-state index >= 15 is 0 Å².